The molecule has 0 radical (unpaired) electrons. The first-order chi connectivity index (χ1) is 17.7. The summed E-state index contributed by atoms with van der Waals surface area (Å²) >= 11 is 1.51. The number of para-hydroxylation sites is 1. The second kappa shape index (κ2) is 11.3. The molecule has 0 bridgehead atoms. The number of hydrogen-bond acceptors (Lipinski definition) is 5. The lowest BCUT2D eigenvalue weighted by atomic mass is 10.1. The van der Waals surface area contributed by atoms with Crippen molar-refractivity contribution in [2.45, 2.75) is 17.7 Å². The number of benzene rings is 3. The van der Waals surface area contributed by atoms with Crippen LogP contribution >= 0.6 is 11.9 Å². The van der Waals surface area contributed by atoms with Crippen LogP contribution in [0.25, 0.3) is 10.9 Å². The van der Waals surface area contributed by atoms with Gasteiger partial charge in [-0.25, -0.2) is 0 Å². The van der Waals surface area contributed by atoms with Gasteiger partial charge in [-0.05, 0) is 60.3 Å². The molecule has 1 aliphatic rings. The molecule has 182 valence electrons. The first-order valence-electron chi connectivity index (χ1n) is 12.1. The van der Waals surface area contributed by atoms with E-state index in [2.05, 4.69) is 9.71 Å². The second-order valence-corrected chi connectivity index (χ2v) is 9.65. The number of pyridine rings is 1. The molecule has 3 aromatic carbocycles. The molecule has 0 unspecified atom stereocenters. The molecule has 5 rings (SSSR count). The van der Waals surface area contributed by atoms with Crippen LogP contribution < -0.4 is 4.72 Å². The van der Waals surface area contributed by atoms with Gasteiger partial charge in [-0.3, -0.25) is 14.6 Å². The lowest BCUT2D eigenvalue weighted by molar-refractivity contribution is -0.130. The molecule has 1 aliphatic heterocycles. The molecule has 2 amide bonds. The number of amides is 2. The molecule has 1 N–H and O–H groups in total. The summed E-state index contributed by atoms with van der Waals surface area (Å²) in [6, 6.07) is 27.5. The van der Waals surface area contributed by atoms with Crippen molar-refractivity contribution >= 4 is 40.4 Å². The van der Waals surface area contributed by atoms with Gasteiger partial charge in [0.25, 0.3) is 5.91 Å². The summed E-state index contributed by atoms with van der Waals surface area (Å²) in [5.74, 6) is 0.120. The van der Waals surface area contributed by atoms with E-state index in [9.17, 15) is 9.59 Å². The SMILES string of the molecule is O=C(Cc1ccccc1)N1CCCN(C(=O)c2ccc(NSc3cccc4cccnc34)cc2)CC1. The van der Waals surface area contributed by atoms with Crippen LogP contribution in [0, 0.1) is 0 Å². The Morgan fingerprint density at radius 2 is 1.56 bits per heavy atom. The van der Waals surface area contributed by atoms with Crippen molar-refractivity contribution in [1.82, 2.24) is 14.8 Å². The van der Waals surface area contributed by atoms with Gasteiger partial charge in [0.1, 0.15) is 0 Å². The monoisotopic (exact) mass is 496 g/mol. The molecule has 1 saturated heterocycles. The molecule has 4 aromatic rings. The molecule has 0 aliphatic carbocycles. The highest BCUT2D eigenvalue weighted by atomic mass is 32.2. The van der Waals surface area contributed by atoms with Gasteiger partial charge in [-0.2, -0.15) is 0 Å². The van der Waals surface area contributed by atoms with Crippen LogP contribution in [0.4, 0.5) is 5.69 Å². The Morgan fingerprint density at radius 3 is 2.39 bits per heavy atom. The molecular weight excluding hydrogens is 468 g/mol. The average molecular weight is 497 g/mol. The summed E-state index contributed by atoms with van der Waals surface area (Å²) in [7, 11) is 0. The Hall–Kier alpha value is -3.84. The number of fused-ring (bicyclic) bond motifs is 1. The molecule has 1 aromatic heterocycles. The van der Waals surface area contributed by atoms with E-state index < -0.39 is 0 Å². The zero-order valence-electron chi connectivity index (χ0n) is 20.0. The van der Waals surface area contributed by atoms with Crippen LogP contribution in [0.3, 0.4) is 0 Å². The van der Waals surface area contributed by atoms with Crippen LogP contribution in [0.5, 0.6) is 0 Å². The van der Waals surface area contributed by atoms with E-state index in [0.29, 0.717) is 38.2 Å². The fourth-order valence-electron chi connectivity index (χ4n) is 4.39. The summed E-state index contributed by atoms with van der Waals surface area (Å²) in [5, 5.41) is 1.10. The van der Waals surface area contributed by atoms with E-state index in [1.807, 2.05) is 94.7 Å². The van der Waals surface area contributed by atoms with Crippen LogP contribution in [0.2, 0.25) is 0 Å². The Kier molecular flexibility index (Phi) is 7.47. The summed E-state index contributed by atoms with van der Waals surface area (Å²) in [6.07, 6.45) is 2.98. The maximum atomic E-state index is 13.1. The number of nitrogens with one attached hydrogen (secondary N) is 1. The fourth-order valence-corrected chi connectivity index (χ4v) is 5.17. The normalized spacial score (nSPS) is 13.9. The van der Waals surface area contributed by atoms with Crippen LogP contribution in [-0.4, -0.2) is 52.8 Å². The van der Waals surface area contributed by atoms with E-state index in [1.54, 1.807) is 6.20 Å². The highest BCUT2D eigenvalue weighted by molar-refractivity contribution is 8.00. The minimum absolute atomic E-state index is 0.00446. The first kappa shape index (κ1) is 23.9. The summed E-state index contributed by atoms with van der Waals surface area (Å²) in [6.45, 7) is 2.44. The predicted molar refractivity (Wildman–Crippen MR) is 145 cm³/mol. The predicted octanol–water partition coefficient (Wildman–Crippen LogP) is 5.27. The number of carbonyl (C=O) groups excluding carboxylic acids is 2. The highest BCUT2D eigenvalue weighted by Crippen LogP contribution is 2.27. The Balaban J connectivity index is 1.16. The zero-order chi connectivity index (χ0) is 24.7. The highest BCUT2D eigenvalue weighted by Gasteiger charge is 2.23. The van der Waals surface area contributed by atoms with Gasteiger partial charge in [-0.15, -0.1) is 0 Å². The standard InChI is InChI=1S/C29H28N4O2S/c34-27(21-22-7-2-1-3-8-22)32-17-6-18-33(20-19-32)29(35)24-12-14-25(15-13-24)31-36-26-11-4-9-23-10-5-16-30-28(23)26/h1-5,7-16,31H,6,17-21H2. The van der Waals surface area contributed by atoms with E-state index in [4.69, 9.17) is 0 Å². The topological polar surface area (TPSA) is 65.5 Å². The summed E-state index contributed by atoms with van der Waals surface area (Å²) in [5.41, 5.74) is 3.55. The molecule has 7 heteroatoms. The van der Waals surface area contributed by atoms with Crippen LogP contribution in [0.1, 0.15) is 22.3 Å². The van der Waals surface area contributed by atoms with Gasteiger partial charge < -0.3 is 14.5 Å². The smallest absolute Gasteiger partial charge is 0.253 e. The van der Waals surface area contributed by atoms with Gasteiger partial charge in [0.05, 0.1) is 16.8 Å². The van der Waals surface area contributed by atoms with Crippen LogP contribution in [-0.2, 0) is 11.2 Å². The number of anilines is 1. The second-order valence-electron chi connectivity index (χ2n) is 8.80. The molecule has 0 saturated carbocycles. The van der Waals surface area contributed by atoms with E-state index in [-0.39, 0.29) is 11.8 Å². The molecule has 1 fully saturated rings. The Bertz CT molecular complexity index is 1340. The number of hydrogen-bond donors (Lipinski definition) is 1. The van der Waals surface area contributed by atoms with Crippen molar-refractivity contribution in [3.05, 3.63) is 102 Å². The van der Waals surface area contributed by atoms with Crippen molar-refractivity contribution in [3.63, 3.8) is 0 Å². The van der Waals surface area contributed by atoms with Gasteiger partial charge in [0.15, 0.2) is 0 Å². The fraction of sp³-hybridized carbons (Fsp3) is 0.207. The van der Waals surface area contributed by atoms with Gasteiger partial charge in [0.2, 0.25) is 5.91 Å². The Morgan fingerprint density at radius 1 is 0.806 bits per heavy atom. The molecular formula is C29H28N4O2S. The Labute approximate surface area is 215 Å². The minimum Gasteiger partial charge on any atom is -0.341 e. The third kappa shape index (κ3) is 5.69. The van der Waals surface area contributed by atoms with E-state index in [0.717, 1.165) is 33.5 Å². The number of nitrogens with zero attached hydrogens (tertiary/aromatic N) is 3. The number of aromatic nitrogens is 1. The lowest BCUT2D eigenvalue weighted by Gasteiger charge is -2.22. The van der Waals surface area contributed by atoms with E-state index >= 15 is 0 Å². The average Bonchev–Trinajstić information content (AvgIpc) is 3.19. The zero-order valence-corrected chi connectivity index (χ0v) is 20.8. The summed E-state index contributed by atoms with van der Waals surface area (Å²) in [4.78, 5) is 35.2. The minimum atomic E-state index is 0.00446. The van der Waals surface area contributed by atoms with Crippen molar-refractivity contribution in [3.8, 4) is 0 Å². The van der Waals surface area contributed by atoms with Crippen molar-refractivity contribution in [2.75, 3.05) is 30.9 Å². The molecule has 0 spiro atoms. The molecule has 6 nitrogen and oxygen atoms in total. The van der Waals surface area contributed by atoms with E-state index in [1.165, 1.54) is 11.9 Å². The van der Waals surface area contributed by atoms with Crippen molar-refractivity contribution in [1.29, 1.82) is 0 Å². The quantitative estimate of drug-likeness (QED) is 0.369. The van der Waals surface area contributed by atoms with Gasteiger partial charge >= 0.3 is 0 Å². The maximum absolute atomic E-state index is 13.1. The first-order valence-corrected chi connectivity index (χ1v) is 13.0. The largest absolute Gasteiger partial charge is 0.341 e. The molecule has 2 heterocycles. The molecule has 0 atom stereocenters. The maximum Gasteiger partial charge on any atom is 0.253 e. The third-order valence-electron chi connectivity index (χ3n) is 6.34. The lowest BCUT2D eigenvalue weighted by Crippen LogP contribution is -2.38. The van der Waals surface area contributed by atoms with Crippen molar-refractivity contribution < 1.29 is 9.59 Å². The number of rotatable bonds is 6. The summed E-state index contributed by atoms with van der Waals surface area (Å²) < 4.78 is 3.35. The van der Waals surface area contributed by atoms with Gasteiger partial charge in [0, 0.05) is 49.0 Å². The number of carbonyl (C=O) groups is 2. The van der Waals surface area contributed by atoms with Gasteiger partial charge in [-0.1, -0.05) is 48.5 Å². The molecule has 36 heavy (non-hydrogen) atoms. The third-order valence-corrected chi connectivity index (χ3v) is 7.23. The van der Waals surface area contributed by atoms with Crippen molar-refractivity contribution in [2.24, 2.45) is 0 Å². The van der Waals surface area contributed by atoms with Crippen LogP contribution in [0.15, 0.2) is 96.0 Å².